The highest BCUT2D eigenvalue weighted by molar-refractivity contribution is 5.83. The Kier molecular flexibility index (Phi) is 7.69. The summed E-state index contributed by atoms with van der Waals surface area (Å²) in [5, 5.41) is 3.25. The van der Waals surface area contributed by atoms with Gasteiger partial charge in [0.1, 0.15) is 6.04 Å². The molecule has 0 unspecified atom stereocenters. The van der Waals surface area contributed by atoms with E-state index in [0.29, 0.717) is 12.6 Å². The van der Waals surface area contributed by atoms with Gasteiger partial charge in [-0.3, -0.25) is 9.69 Å². The van der Waals surface area contributed by atoms with Crippen molar-refractivity contribution in [2.75, 3.05) is 27.8 Å². The minimum atomic E-state index is -0.358. The van der Waals surface area contributed by atoms with Crippen molar-refractivity contribution in [3.63, 3.8) is 0 Å². The second-order valence-corrected chi connectivity index (χ2v) is 6.50. The van der Waals surface area contributed by atoms with E-state index in [9.17, 15) is 4.79 Å². The first-order valence-electron chi connectivity index (χ1n) is 8.77. The van der Waals surface area contributed by atoms with E-state index < -0.39 is 0 Å². The molecule has 0 saturated heterocycles. The molecule has 1 atom stereocenters. The Hall–Kier alpha value is -1.43. The largest absolute Gasteiger partial charge is 0.355 e. The van der Waals surface area contributed by atoms with Gasteiger partial charge in [0, 0.05) is 20.3 Å². The molecule has 134 valence electrons. The third kappa shape index (κ3) is 5.30. The monoisotopic (exact) mass is 334 g/mol. The molecule has 1 aromatic carbocycles. The Labute approximate surface area is 145 Å². The van der Waals surface area contributed by atoms with Gasteiger partial charge in [0.05, 0.1) is 6.54 Å². The third-order valence-corrected chi connectivity index (χ3v) is 4.72. The average molecular weight is 334 g/mol. The molecule has 1 aromatic rings. The summed E-state index contributed by atoms with van der Waals surface area (Å²) >= 11 is 0. The summed E-state index contributed by atoms with van der Waals surface area (Å²) in [5.41, 5.74) is 0.985. The molecular weight excluding hydrogens is 304 g/mol. The molecule has 0 radical (unpaired) electrons. The Balaban J connectivity index is 2.11. The normalized spacial score (nSPS) is 17.2. The summed E-state index contributed by atoms with van der Waals surface area (Å²) in [6.07, 6.45) is 5.48. The van der Waals surface area contributed by atoms with Crippen LogP contribution < -0.4 is 5.32 Å². The number of hydrogen-bond acceptors (Lipinski definition) is 4. The zero-order valence-electron chi connectivity index (χ0n) is 15.0. The van der Waals surface area contributed by atoms with Crippen LogP contribution in [0, 0.1) is 0 Å². The van der Waals surface area contributed by atoms with Crippen LogP contribution in [0.3, 0.4) is 0 Å². The molecule has 1 amide bonds. The number of nitrogens with zero attached hydrogens (tertiary/aromatic N) is 1. The molecule has 0 bridgehead atoms. The standard InChI is InChI=1S/C19H30N2O3/c1-21(14-17(23-2)24-3)18(15-10-6-4-7-11-15)19(22)20-16-12-8-5-9-13-16/h4,6-7,10-11,16-18H,5,8-9,12-14H2,1-3H3,(H,20,22)/t18-/m0/s1. The molecule has 0 aliphatic heterocycles. The van der Waals surface area contributed by atoms with Crippen LogP contribution in [0.2, 0.25) is 0 Å². The lowest BCUT2D eigenvalue weighted by molar-refractivity contribution is -0.135. The molecule has 1 saturated carbocycles. The van der Waals surface area contributed by atoms with Gasteiger partial charge in [0.25, 0.3) is 0 Å². The summed E-state index contributed by atoms with van der Waals surface area (Å²) in [5.74, 6) is 0.0570. The Morgan fingerprint density at radius 1 is 1.17 bits per heavy atom. The molecule has 0 aromatic heterocycles. The van der Waals surface area contributed by atoms with E-state index >= 15 is 0 Å². The maximum Gasteiger partial charge on any atom is 0.242 e. The third-order valence-electron chi connectivity index (χ3n) is 4.72. The van der Waals surface area contributed by atoms with Crippen molar-refractivity contribution in [3.05, 3.63) is 35.9 Å². The van der Waals surface area contributed by atoms with Gasteiger partial charge in [-0.15, -0.1) is 0 Å². The first-order valence-corrected chi connectivity index (χ1v) is 8.77. The van der Waals surface area contributed by atoms with Crippen LogP contribution in [0.15, 0.2) is 30.3 Å². The van der Waals surface area contributed by atoms with Gasteiger partial charge in [-0.05, 0) is 25.5 Å². The highest BCUT2D eigenvalue weighted by atomic mass is 16.7. The van der Waals surface area contributed by atoms with Crippen LogP contribution in [0.4, 0.5) is 0 Å². The van der Waals surface area contributed by atoms with Gasteiger partial charge in [-0.2, -0.15) is 0 Å². The van der Waals surface area contributed by atoms with Crippen molar-refractivity contribution < 1.29 is 14.3 Å². The number of rotatable bonds is 8. The molecule has 5 nitrogen and oxygen atoms in total. The lowest BCUT2D eigenvalue weighted by atomic mass is 9.94. The summed E-state index contributed by atoms with van der Waals surface area (Å²) in [6.45, 7) is 0.518. The van der Waals surface area contributed by atoms with Gasteiger partial charge in [-0.1, -0.05) is 49.6 Å². The summed E-state index contributed by atoms with van der Waals surface area (Å²) in [7, 11) is 5.16. The number of amides is 1. The number of carbonyl (C=O) groups excluding carboxylic acids is 1. The van der Waals surface area contributed by atoms with E-state index in [4.69, 9.17) is 9.47 Å². The predicted molar refractivity (Wildman–Crippen MR) is 94.6 cm³/mol. The first-order chi connectivity index (χ1) is 11.7. The zero-order chi connectivity index (χ0) is 17.4. The number of ether oxygens (including phenoxy) is 2. The van der Waals surface area contributed by atoms with E-state index in [1.54, 1.807) is 14.2 Å². The quantitative estimate of drug-likeness (QED) is 0.743. The van der Waals surface area contributed by atoms with Crippen LogP contribution in [0.1, 0.15) is 43.7 Å². The molecule has 24 heavy (non-hydrogen) atoms. The minimum Gasteiger partial charge on any atom is -0.355 e. The van der Waals surface area contributed by atoms with Crippen molar-refractivity contribution in [2.45, 2.75) is 50.5 Å². The van der Waals surface area contributed by atoms with Crippen molar-refractivity contribution >= 4 is 5.91 Å². The number of nitrogens with one attached hydrogen (secondary N) is 1. The van der Waals surface area contributed by atoms with Gasteiger partial charge < -0.3 is 14.8 Å². The van der Waals surface area contributed by atoms with Crippen LogP contribution >= 0.6 is 0 Å². The molecule has 1 N–H and O–H groups in total. The summed E-state index contributed by atoms with van der Waals surface area (Å²) in [6, 6.07) is 9.84. The Bertz CT molecular complexity index is 485. The van der Waals surface area contributed by atoms with Crippen LogP contribution in [-0.2, 0) is 14.3 Å². The number of methoxy groups -OCH3 is 2. The second kappa shape index (κ2) is 9.77. The van der Waals surface area contributed by atoms with E-state index in [1.165, 1.54) is 19.3 Å². The summed E-state index contributed by atoms with van der Waals surface area (Å²) < 4.78 is 10.6. The highest BCUT2D eigenvalue weighted by Gasteiger charge is 2.28. The molecule has 5 heteroatoms. The van der Waals surface area contributed by atoms with Crippen LogP contribution in [0.25, 0.3) is 0 Å². The topological polar surface area (TPSA) is 50.8 Å². The molecule has 0 heterocycles. The first kappa shape index (κ1) is 18.9. The van der Waals surface area contributed by atoms with Crippen molar-refractivity contribution in [2.24, 2.45) is 0 Å². The van der Waals surface area contributed by atoms with Gasteiger partial charge >= 0.3 is 0 Å². The second-order valence-electron chi connectivity index (χ2n) is 6.50. The average Bonchev–Trinajstić information content (AvgIpc) is 2.61. The zero-order valence-corrected chi connectivity index (χ0v) is 15.0. The number of carbonyl (C=O) groups is 1. The fourth-order valence-electron chi connectivity index (χ4n) is 3.35. The van der Waals surface area contributed by atoms with Crippen molar-refractivity contribution in [3.8, 4) is 0 Å². The number of benzene rings is 1. The van der Waals surface area contributed by atoms with E-state index in [-0.39, 0.29) is 18.2 Å². The Morgan fingerprint density at radius 2 is 1.79 bits per heavy atom. The van der Waals surface area contributed by atoms with Gasteiger partial charge in [-0.25, -0.2) is 0 Å². The lowest BCUT2D eigenvalue weighted by Crippen LogP contribution is -2.46. The van der Waals surface area contributed by atoms with Crippen LogP contribution in [-0.4, -0.2) is 51.0 Å². The number of hydrogen-bond donors (Lipinski definition) is 1. The lowest BCUT2D eigenvalue weighted by Gasteiger charge is -2.32. The highest BCUT2D eigenvalue weighted by Crippen LogP contribution is 2.23. The molecule has 1 fully saturated rings. The SMILES string of the molecule is COC(CN(C)[C@H](C(=O)NC1CCCCC1)c1ccccc1)OC. The maximum absolute atomic E-state index is 13.0. The molecule has 0 spiro atoms. The van der Waals surface area contributed by atoms with E-state index in [0.717, 1.165) is 18.4 Å². The van der Waals surface area contributed by atoms with Crippen molar-refractivity contribution in [1.29, 1.82) is 0 Å². The fourth-order valence-corrected chi connectivity index (χ4v) is 3.35. The van der Waals surface area contributed by atoms with Gasteiger partial charge in [0.2, 0.25) is 5.91 Å². The van der Waals surface area contributed by atoms with E-state index in [2.05, 4.69) is 5.32 Å². The molecular formula is C19H30N2O3. The predicted octanol–water partition coefficient (Wildman–Crippen LogP) is 2.73. The smallest absolute Gasteiger partial charge is 0.242 e. The fraction of sp³-hybridized carbons (Fsp3) is 0.632. The van der Waals surface area contributed by atoms with Crippen LogP contribution in [0.5, 0.6) is 0 Å². The number of likely N-dealkylation sites (N-methyl/N-ethyl adjacent to an activating group) is 1. The van der Waals surface area contributed by atoms with Crippen molar-refractivity contribution in [1.82, 2.24) is 10.2 Å². The van der Waals surface area contributed by atoms with Gasteiger partial charge in [0.15, 0.2) is 6.29 Å². The molecule has 2 rings (SSSR count). The molecule has 1 aliphatic rings. The summed E-state index contributed by atoms with van der Waals surface area (Å²) in [4.78, 5) is 15.0. The Morgan fingerprint density at radius 3 is 2.38 bits per heavy atom. The molecule has 1 aliphatic carbocycles. The maximum atomic E-state index is 13.0. The van der Waals surface area contributed by atoms with E-state index in [1.807, 2.05) is 42.3 Å². The minimum absolute atomic E-state index is 0.0570.